The highest BCUT2D eigenvalue weighted by Crippen LogP contribution is 2.32. The fourth-order valence-corrected chi connectivity index (χ4v) is 4.21. The number of rotatable bonds is 7. The maximum Gasteiger partial charge on any atom is 0.234 e. The van der Waals surface area contributed by atoms with E-state index in [1.807, 2.05) is 49.4 Å². The molecule has 2 heterocycles. The van der Waals surface area contributed by atoms with Gasteiger partial charge < -0.3 is 14.8 Å². The summed E-state index contributed by atoms with van der Waals surface area (Å²) in [5, 5.41) is 8.51. The first-order chi connectivity index (χ1) is 14.2. The Morgan fingerprint density at radius 3 is 2.55 bits per heavy atom. The van der Waals surface area contributed by atoms with Crippen molar-refractivity contribution in [1.29, 1.82) is 0 Å². The highest BCUT2D eigenvalue weighted by Gasteiger charge is 2.18. The van der Waals surface area contributed by atoms with E-state index in [0.29, 0.717) is 13.2 Å². The van der Waals surface area contributed by atoms with Crippen LogP contribution in [0.15, 0.2) is 66.0 Å². The zero-order valence-electron chi connectivity index (χ0n) is 16.3. The van der Waals surface area contributed by atoms with Gasteiger partial charge in [-0.1, -0.05) is 42.5 Å². The van der Waals surface area contributed by atoms with Crippen LogP contribution in [0.1, 0.15) is 35.0 Å². The Morgan fingerprint density at radius 1 is 1.00 bits per heavy atom. The second kappa shape index (κ2) is 9.11. The van der Waals surface area contributed by atoms with Gasteiger partial charge in [0.05, 0.1) is 18.6 Å². The lowest BCUT2D eigenvalue weighted by Crippen LogP contribution is -2.37. The van der Waals surface area contributed by atoms with Gasteiger partial charge in [-0.05, 0) is 41.6 Å². The molecule has 29 heavy (non-hydrogen) atoms. The Labute approximate surface area is 174 Å². The normalized spacial score (nSPS) is 14.8. The molecule has 2 aromatic carbocycles. The largest absolute Gasteiger partial charge is 0.486 e. The first-order valence-corrected chi connectivity index (χ1v) is 10.6. The SMILES string of the molecule is C[C@@H](NC(=O)CN[C@@H](c1ccccc1)c1cccs1)c1ccc2c(c1)OCCO2. The number of amides is 1. The minimum Gasteiger partial charge on any atom is -0.486 e. The van der Waals surface area contributed by atoms with Crippen LogP contribution in [0.3, 0.4) is 0 Å². The maximum atomic E-state index is 12.6. The summed E-state index contributed by atoms with van der Waals surface area (Å²) in [7, 11) is 0. The van der Waals surface area contributed by atoms with E-state index >= 15 is 0 Å². The molecule has 5 nitrogen and oxygen atoms in total. The number of benzene rings is 2. The zero-order valence-corrected chi connectivity index (χ0v) is 17.1. The molecule has 1 aliphatic heterocycles. The van der Waals surface area contributed by atoms with Gasteiger partial charge in [0.2, 0.25) is 5.91 Å². The van der Waals surface area contributed by atoms with Crippen molar-refractivity contribution >= 4 is 17.2 Å². The van der Waals surface area contributed by atoms with Gasteiger partial charge >= 0.3 is 0 Å². The molecule has 4 rings (SSSR count). The summed E-state index contributed by atoms with van der Waals surface area (Å²) in [5.41, 5.74) is 2.13. The van der Waals surface area contributed by atoms with Gasteiger partial charge in [-0.25, -0.2) is 0 Å². The zero-order chi connectivity index (χ0) is 20.1. The molecular weight excluding hydrogens is 384 g/mol. The van der Waals surface area contributed by atoms with Crippen LogP contribution in [0, 0.1) is 0 Å². The van der Waals surface area contributed by atoms with Gasteiger partial charge in [0, 0.05) is 4.88 Å². The smallest absolute Gasteiger partial charge is 0.234 e. The van der Waals surface area contributed by atoms with E-state index in [1.54, 1.807) is 11.3 Å². The summed E-state index contributed by atoms with van der Waals surface area (Å²) in [4.78, 5) is 13.8. The van der Waals surface area contributed by atoms with Gasteiger partial charge in [0.1, 0.15) is 13.2 Å². The van der Waals surface area contributed by atoms with Crippen molar-refractivity contribution in [2.24, 2.45) is 0 Å². The van der Waals surface area contributed by atoms with Crippen LogP contribution in [0.4, 0.5) is 0 Å². The maximum absolute atomic E-state index is 12.6. The molecule has 0 aliphatic carbocycles. The first-order valence-electron chi connectivity index (χ1n) is 9.71. The third kappa shape index (κ3) is 4.78. The minimum atomic E-state index is -0.128. The number of thiophene rings is 1. The number of fused-ring (bicyclic) bond motifs is 1. The van der Waals surface area contributed by atoms with Gasteiger partial charge in [-0.3, -0.25) is 10.1 Å². The van der Waals surface area contributed by atoms with Crippen molar-refractivity contribution in [2.75, 3.05) is 19.8 Å². The van der Waals surface area contributed by atoms with Crippen molar-refractivity contribution < 1.29 is 14.3 Å². The Morgan fingerprint density at radius 2 is 1.79 bits per heavy atom. The molecule has 3 aromatic rings. The monoisotopic (exact) mass is 408 g/mol. The van der Waals surface area contributed by atoms with Gasteiger partial charge in [0.15, 0.2) is 11.5 Å². The van der Waals surface area contributed by atoms with Gasteiger partial charge in [-0.15, -0.1) is 11.3 Å². The molecule has 0 saturated heterocycles. The van der Waals surface area contributed by atoms with E-state index in [1.165, 1.54) is 4.88 Å². The van der Waals surface area contributed by atoms with Crippen molar-refractivity contribution in [3.8, 4) is 11.5 Å². The van der Waals surface area contributed by atoms with Crippen LogP contribution in [0.25, 0.3) is 0 Å². The van der Waals surface area contributed by atoms with Crippen LogP contribution in [0.5, 0.6) is 11.5 Å². The summed E-state index contributed by atoms with van der Waals surface area (Å²) in [6.45, 7) is 3.31. The molecule has 2 N–H and O–H groups in total. The summed E-state index contributed by atoms with van der Waals surface area (Å²) >= 11 is 1.68. The molecule has 6 heteroatoms. The number of hydrogen-bond donors (Lipinski definition) is 2. The van der Waals surface area contributed by atoms with Crippen molar-refractivity contribution in [3.05, 3.63) is 82.0 Å². The number of carbonyl (C=O) groups excluding carboxylic acids is 1. The molecular formula is C23H24N2O3S. The predicted molar refractivity (Wildman–Crippen MR) is 115 cm³/mol. The summed E-state index contributed by atoms with van der Waals surface area (Å²) in [6.07, 6.45) is 0. The first kappa shape index (κ1) is 19.5. The summed E-state index contributed by atoms with van der Waals surface area (Å²) in [6, 6.07) is 20.0. The van der Waals surface area contributed by atoms with E-state index < -0.39 is 0 Å². The highest BCUT2D eigenvalue weighted by molar-refractivity contribution is 7.10. The molecule has 0 radical (unpaired) electrons. The van der Waals surface area contributed by atoms with Crippen molar-refractivity contribution in [1.82, 2.24) is 10.6 Å². The molecule has 0 fully saturated rings. The average Bonchev–Trinajstić information content (AvgIpc) is 3.29. The lowest BCUT2D eigenvalue weighted by molar-refractivity contribution is -0.121. The number of carbonyl (C=O) groups is 1. The Hall–Kier alpha value is -2.83. The lowest BCUT2D eigenvalue weighted by atomic mass is 10.1. The molecule has 1 aromatic heterocycles. The quantitative estimate of drug-likeness (QED) is 0.619. The average molecular weight is 409 g/mol. The predicted octanol–water partition coefficient (Wildman–Crippen LogP) is 4.08. The second-order valence-electron chi connectivity index (χ2n) is 6.93. The molecule has 1 amide bonds. The van der Waals surface area contributed by atoms with Crippen LogP contribution >= 0.6 is 11.3 Å². The van der Waals surface area contributed by atoms with Crippen molar-refractivity contribution in [3.63, 3.8) is 0 Å². The van der Waals surface area contributed by atoms with Crippen LogP contribution in [-0.2, 0) is 4.79 Å². The molecule has 2 atom stereocenters. The molecule has 150 valence electrons. The molecule has 0 bridgehead atoms. The van der Waals surface area contributed by atoms with Crippen molar-refractivity contribution in [2.45, 2.75) is 19.0 Å². The van der Waals surface area contributed by atoms with Gasteiger partial charge in [-0.2, -0.15) is 0 Å². The fourth-order valence-electron chi connectivity index (χ4n) is 3.38. The second-order valence-corrected chi connectivity index (χ2v) is 7.91. The Kier molecular flexibility index (Phi) is 6.12. The van der Waals surface area contributed by atoms with E-state index in [4.69, 9.17) is 9.47 Å². The molecule has 0 unspecified atom stereocenters. The van der Waals surface area contributed by atoms with Gasteiger partial charge in [0.25, 0.3) is 0 Å². The number of nitrogens with one attached hydrogen (secondary N) is 2. The van der Waals surface area contributed by atoms with E-state index in [0.717, 1.165) is 22.6 Å². The summed E-state index contributed by atoms with van der Waals surface area (Å²) in [5.74, 6) is 1.43. The van der Waals surface area contributed by atoms with E-state index in [-0.39, 0.29) is 24.5 Å². The van der Waals surface area contributed by atoms with Crippen LogP contribution < -0.4 is 20.1 Å². The third-order valence-corrected chi connectivity index (χ3v) is 5.81. The Bertz CT molecular complexity index is 944. The highest BCUT2D eigenvalue weighted by atomic mass is 32.1. The molecule has 0 spiro atoms. The standard InChI is InChI=1S/C23H24N2O3S/c1-16(18-9-10-19-20(14-18)28-12-11-27-19)25-22(26)15-24-23(21-8-5-13-29-21)17-6-3-2-4-7-17/h2-10,13-14,16,23-24H,11-12,15H2,1H3,(H,25,26)/t16-,23+/m1/s1. The Balaban J connectivity index is 1.38. The molecule has 1 aliphatic rings. The minimum absolute atomic E-state index is 0.00782. The topological polar surface area (TPSA) is 59.6 Å². The molecule has 0 saturated carbocycles. The fraction of sp³-hybridized carbons (Fsp3) is 0.261. The van der Waals surface area contributed by atoms with E-state index in [2.05, 4.69) is 34.2 Å². The third-order valence-electron chi connectivity index (χ3n) is 4.87. The lowest BCUT2D eigenvalue weighted by Gasteiger charge is -2.22. The number of ether oxygens (including phenoxy) is 2. The van der Waals surface area contributed by atoms with Crippen LogP contribution in [-0.4, -0.2) is 25.7 Å². The summed E-state index contributed by atoms with van der Waals surface area (Å²) < 4.78 is 11.2. The number of hydrogen-bond acceptors (Lipinski definition) is 5. The van der Waals surface area contributed by atoms with Crippen LogP contribution in [0.2, 0.25) is 0 Å². The van der Waals surface area contributed by atoms with E-state index in [9.17, 15) is 4.79 Å².